The van der Waals surface area contributed by atoms with E-state index < -0.39 is 0 Å². The number of benzene rings is 1. The van der Waals surface area contributed by atoms with E-state index in [9.17, 15) is 9.59 Å². The molecule has 2 bridgehead atoms. The number of nitrogens with zero attached hydrogens (tertiary/aromatic N) is 3. The van der Waals surface area contributed by atoms with Crippen LogP contribution < -0.4 is 0 Å². The van der Waals surface area contributed by atoms with Gasteiger partial charge in [0.05, 0.1) is 5.92 Å². The lowest BCUT2D eigenvalue weighted by Crippen LogP contribution is -2.51. The number of fused-ring (bicyclic) bond motifs is 4. The largest absolute Gasteiger partial charge is 0.347 e. The van der Waals surface area contributed by atoms with Crippen molar-refractivity contribution in [2.75, 3.05) is 40.3 Å². The lowest BCUT2D eigenvalue weighted by atomic mass is 9.94. The Morgan fingerprint density at radius 1 is 1.20 bits per heavy atom. The molecule has 5 heteroatoms. The maximum absolute atomic E-state index is 12.7. The molecule has 0 spiro atoms. The SMILES string of the molecule is CN(C)C(=O)CN1C(=O)[C@H]2CC[C@@H]1CN(C/C=C/c1ccccc1)C2. The van der Waals surface area contributed by atoms with Crippen LogP contribution in [-0.4, -0.2) is 72.8 Å². The zero-order valence-electron chi connectivity index (χ0n) is 15.1. The first-order chi connectivity index (χ1) is 12.0. The maximum atomic E-state index is 12.7. The Kier molecular flexibility index (Phi) is 5.53. The third kappa shape index (κ3) is 4.28. The van der Waals surface area contributed by atoms with Crippen molar-refractivity contribution in [3.8, 4) is 0 Å². The number of amides is 2. The molecule has 0 aromatic heterocycles. The molecule has 4 rings (SSSR count). The Hall–Kier alpha value is -2.14. The number of carbonyl (C=O) groups is 2. The van der Waals surface area contributed by atoms with E-state index in [1.54, 1.807) is 19.0 Å². The van der Waals surface area contributed by atoms with E-state index in [4.69, 9.17) is 0 Å². The fourth-order valence-electron chi connectivity index (χ4n) is 3.68. The third-order valence-corrected chi connectivity index (χ3v) is 5.15. The normalized spacial score (nSPS) is 23.9. The fraction of sp³-hybridized carbons (Fsp3) is 0.500. The molecule has 3 aliphatic heterocycles. The average molecular weight is 341 g/mol. The van der Waals surface area contributed by atoms with Crippen LogP contribution in [-0.2, 0) is 9.59 Å². The van der Waals surface area contributed by atoms with Gasteiger partial charge in [0.25, 0.3) is 0 Å². The number of rotatable bonds is 5. The monoisotopic (exact) mass is 341 g/mol. The van der Waals surface area contributed by atoms with Gasteiger partial charge in [-0.25, -0.2) is 0 Å². The summed E-state index contributed by atoms with van der Waals surface area (Å²) in [6, 6.07) is 10.4. The first-order valence-electron chi connectivity index (χ1n) is 8.99. The van der Waals surface area contributed by atoms with E-state index in [0.717, 1.165) is 32.5 Å². The van der Waals surface area contributed by atoms with Gasteiger partial charge in [-0.15, -0.1) is 0 Å². The highest BCUT2D eigenvalue weighted by Gasteiger charge is 2.41. The Bertz CT molecular complexity index is 642. The lowest BCUT2D eigenvalue weighted by Gasteiger charge is -2.36. The Morgan fingerprint density at radius 3 is 2.68 bits per heavy atom. The fourth-order valence-corrected chi connectivity index (χ4v) is 3.68. The zero-order chi connectivity index (χ0) is 17.8. The van der Waals surface area contributed by atoms with Crippen LogP contribution in [0.5, 0.6) is 0 Å². The van der Waals surface area contributed by atoms with Gasteiger partial charge in [0.15, 0.2) is 0 Å². The van der Waals surface area contributed by atoms with Gasteiger partial charge in [0.2, 0.25) is 11.8 Å². The first kappa shape index (κ1) is 17.7. The van der Waals surface area contributed by atoms with E-state index in [2.05, 4.69) is 29.2 Å². The van der Waals surface area contributed by atoms with Crippen LogP contribution in [0, 0.1) is 5.92 Å². The number of likely N-dealkylation sites (N-methyl/N-ethyl adjacent to an activating group) is 1. The summed E-state index contributed by atoms with van der Waals surface area (Å²) in [5.41, 5.74) is 1.19. The smallest absolute Gasteiger partial charge is 0.241 e. The summed E-state index contributed by atoms with van der Waals surface area (Å²) in [7, 11) is 3.48. The van der Waals surface area contributed by atoms with E-state index in [0.29, 0.717) is 0 Å². The van der Waals surface area contributed by atoms with Crippen LogP contribution in [0.2, 0.25) is 0 Å². The van der Waals surface area contributed by atoms with Crippen LogP contribution in [0.25, 0.3) is 6.08 Å². The average Bonchev–Trinajstić information content (AvgIpc) is 2.88. The van der Waals surface area contributed by atoms with Crippen LogP contribution >= 0.6 is 0 Å². The van der Waals surface area contributed by atoms with Crippen molar-refractivity contribution in [3.63, 3.8) is 0 Å². The molecule has 25 heavy (non-hydrogen) atoms. The summed E-state index contributed by atoms with van der Waals surface area (Å²) in [6.45, 7) is 2.69. The van der Waals surface area contributed by atoms with Gasteiger partial charge in [-0.05, 0) is 18.4 Å². The van der Waals surface area contributed by atoms with Crippen LogP contribution in [0.4, 0.5) is 0 Å². The second kappa shape index (κ2) is 7.83. The Morgan fingerprint density at radius 2 is 1.96 bits per heavy atom. The standard InChI is InChI=1S/C20H27N3O2/c1-21(2)19(24)15-23-18-11-10-17(20(23)25)13-22(14-18)12-6-9-16-7-4-3-5-8-16/h3-9,17-18H,10-15H2,1-2H3/b9-6+/t17-,18+/m0/s1. The number of piperidine rings is 1. The number of hydrogen-bond acceptors (Lipinski definition) is 3. The molecule has 3 saturated heterocycles. The van der Waals surface area contributed by atoms with Crippen molar-refractivity contribution in [2.24, 2.45) is 5.92 Å². The molecule has 134 valence electrons. The van der Waals surface area contributed by atoms with Crippen molar-refractivity contribution in [2.45, 2.75) is 18.9 Å². The molecule has 0 unspecified atom stereocenters. The van der Waals surface area contributed by atoms with Gasteiger partial charge in [-0.3, -0.25) is 14.5 Å². The summed E-state index contributed by atoms with van der Waals surface area (Å²) in [5.74, 6) is 0.177. The highest BCUT2D eigenvalue weighted by atomic mass is 16.2. The van der Waals surface area contributed by atoms with E-state index >= 15 is 0 Å². The van der Waals surface area contributed by atoms with E-state index in [1.165, 1.54) is 5.56 Å². The van der Waals surface area contributed by atoms with E-state index in [-0.39, 0.29) is 30.3 Å². The topological polar surface area (TPSA) is 43.9 Å². The van der Waals surface area contributed by atoms with Crippen molar-refractivity contribution in [3.05, 3.63) is 42.0 Å². The lowest BCUT2D eigenvalue weighted by molar-refractivity contribution is -0.145. The minimum absolute atomic E-state index is 0.00331. The van der Waals surface area contributed by atoms with Gasteiger partial charge in [-0.1, -0.05) is 42.5 Å². The molecule has 1 aromatic rings. The molecule has 2 atom stereocenters. The second-order valence-electron chi connectivity index (χ2n) is 7.21. The second-order valence-corrected chi connectivity index (χ2v) is 7.21. The van der Waals surface area contributed by atoms with Crippen LogP contribution in [0.15, 0.2) is 36.4 Å². The van der Waals surface area contributed by atoms with Crippen molar-refractivity contribution in [1.29, 1.82) is 0 Å². The molecule has 0 radical (unpaired) electrons. The molecule has 3 fully saturated rings. The van der Waals surface area contributed by atoms with Gasteiger partial charge < -0.3 is 9.80 Å². The van der Waals surface area contributed by atoms with Crippen LogP contribution in [0.1, 0.15) is 18.4 Å². The minimum Gasteiger partial charge on any atom is -0.347 e. The zero-order valence-corrected chi connectivity index (χ0v) is 15.1. The number of hydrogen-bond donors (Lipinski definition) is 0. The highest BCUT2D eigenvalue weighted by Crippen LogP contribution is 2.29. The predicted molar refractivity (Wildman–Crippen MR) is 98.8 cm³/mol. The van der Waals surface area contributed by atoms with Gasteiger partial charge in [0, 0.05) is 39.8 Å². The molecule has 3 aliphatic rings. The molecule has 0 aliphatic carbocycles. The quantitative estimate of drug-likeness (QED) is 0.819. The third-order valence-electron chi connectivity index (χ3n) is 5.15. The van der Waals surface area contributed by atoms with E-state index in [1.807, 2.05) is 23.1 Å². The van der Waals surface area contributed by atoms with Gasteiger partial charge in [-0.2, -0.15) is 0 Å². The summed E-state index contributed by atoms with van der Waals surface area (Å²) in [5, 5.41) is 0. The van der Waals surface area contributed by atoms with Gasteiger partial charge in [0.1, 0.15) is 6.54 Å². The molecular weight excluding hydrogens is 314 g/mol. The van der Waals surface area contributed by atoms with Crippen molar-refractivity contribution >= 4 is 17.9 Å². The molecular formula is C20H27N3O2. The molecule has 5 nitrogen and oxygen atoms in total. The van der Waals surface area contributed by atoms with Crippen molar-refractivity contribution < 1.29 is 9.59 Å². The summed E-state index contributed by atoms with van der Waals surface area (Å²) >= 11 is 0. The molecule has 0 saturated carbocycles. The molecule has 3 heterocycles. The van der Waals surface area contributed by atoms with Crippen molar-refractivity contribution in [1.82, 2.24) is 14.7 Å². The molecule has 1 aromatic carbocycles. The summed E-state index contributed by atoms with van der Waals surface area (Å²) in [4.78, 5) is 30.5. The predicted octanol–water partition coefficient (Wildman–Crippen LogP) is 1.71. The molecule has 0 N–H and O–H groups in total. The summed E-state index contributed by atoms with van der Waals surface area (Å²) < 4.78 is 0. The minimum atomic E-state index is -0.00331. The summed E-state index contributed by atoms with van der Waals surface area (Å²) in [6.07, 6.45) is 6.23. The number of carbonyl (C=O) groups excluding carboxylic acids is 2. The maximum Gasteiger partial charge on any atom is 0.241 e. The Labute approximate surface area is 149 Å². The van der Waals surface area contributed by atoms with Gasteiger partial charge >= 0.3 is 0 Å². The first-order valence-corrected chi connectivity index (χ1v) is 8.99. The Balaban J connectivity index is 1.63. The molecule has 2 amide bonds. The highest BCUT2D eigenvalue weighted by molar-refractivity contribution is 5.86. The van der Waals surface area contributed by atoms with Crippen LogP contribution in [0.3, 0.4) is 0 Å².